The second kappa shape index (κ2) is 7.15. The molecular formula is C19H14F4N8O2. The van der Waals surface area contributed by atoms with Crippen LogP contribution in [0.4, 0.5) is 39.7 Å². The monoisotopic (exact) mass is 462 g/mol. The molecule has 4 aromatic rings. The molecule has 1 aliphatic carbocycles. The number of nitrogen functional groups attached to an aromatic ring is 1. The normalized spacial score (nSPS) is 14.9. The number of alkyl halides is 3. The van der Waals surface area contributed by atoms with E-state index in [1.165, 1.54) is 18.5 Å². The zero-order chi connectivity index (χ0) is 23.4. The van der Waals surface area contributed by atoms with E-state index in [9.17, 15) is 22.4 Å². The number of halogens is 4. The number of nitrogens with two attached hydrogens (primary N) is 1. The van der Waals surface area contributed by atoms with E-state index in [-0.39, 0.29) is 35.9 Å². The van der Waals surface area contributed by atoms with Crippen LogP contribution in [0.25, 0.3) is 22.3 Å². The van der Waals surface area contributed by atoms with E-state index in [2.05, 4.69) is 36.0 Å². The predicted molar refractivity (Wildman–Crippen MR) is 108 cm³/mol. The van der Waals surface area contributed by atoms with Crippen molar-refractivity contribution in [2.24, 2.45) is 0 Å². The van der Waals surface area contributed by atoms with Gasteiger partial charge in [-0.3, -0.25) is 10.4 Å². The van der Waals surface area contributed by atoms with Gasteiger partial charge in [0.05, 0.1) is 11.1 Å². The van der Waals surface area contributed by atoms with Gasteiger partial charge in [-0.2, -0.15) is 18.3 Å². The SMILES string of the molecule is Nc1ncnc2[nH]nc(-c3ccc(NC(=O)Nc4cc(C5(C(F)(F)F)CC5)on4)c(F)c3)c12. The van der Waals surface area contributed by atoms with Crippen molar-refractivity contribution in [2.45, 2.75) is 24.4 Å². The number of urea groups is 1. The highest BCUT2D eigenvalue weighted by molar-refractivity contribution is 6.00. The average Bonchev–Trinajstić information content (AvgIpc) is 3.26. The highest BCUT2D eigenvalue weighted by Gasteiger charge is 2.66. The molecule has 14 heteroatoms. The highest BCUT2D eigenvalue weighted by atomic mass is 19.4. The van der Waals surface area contributed by atoms with Gasteiger partial charge in [-0.15, -0.1) is 0 Å². The molecule has 10 nitrogen and oxygen atoms in total. The van der Waals surface area contributed by atoms with Crippen molar-refractivity contribution >= 4 is 34.4 Å². The van der Waals surface area contributed by atoms with Gasteiger partial charge >= 0.3 is 12.2 Å². The second-order valence-corrected chi connectivity index (χ2v) is 7.48. The number of aromatic amines is 1. The first-order valence-corrected chi connectivity index (χ1v) is 9.54. The number of H-pyrrole nitrogens is 1. The van der Waals surface area contributed by atoms with Crippen molar-refractivity contribution in [2.75, 3.05) is 16.4 Å². The molecule has 3 heterocycles. The van der Waals surface area contributed by atoms with Crippen LogP contribution in [-0.2, 0) is 5.41 Å². The van der Waals surface area contributed by atoms with Gasteiger partial charge in [0.25, 0.3) is 0 Å². The Morgan fingerprint density at radius 1 is 1.18 bits per heavy atom. The van der Waals surface area contributed by atoms with Gasteiger partial charge in [0.1, 0.15) is 29.1 Å². The van der Waals surface area contributed by atoms with Crippen molar-refractivity contribution < 1.29 is 26.9 Å². The van der Waals surface area contributed by atoms with Crippen LogP contribution in [0.5, 0.6) is 0 Å². The molecule has 1 aliphatic rings. The summed E-state index contributed by atoms with van der Waals surface area (Å²) < 4.78 is 59.0. The van der Waals surface area contributed by atoms with Gasteiger partial charge in [0, 0.05) is 11.6 Å². The number of carbonyl (C=O) groups is 1. The van der Waals surface area contributed by atoms with Crippen LogP contribution in [0.15, 0.2) is 35.1 Å². The molecule has 5 rings (SSSR count). The number of fused-ring (bicyclic) bond motifs is 1. The summed E-state index contributed by atoms with van der Waals surface area (Å²) in [6, 6.07) is 4.01. The maximum Gasteiger partial charge on any atom is 0.401 e. The van der Waals surface area contributed by atoms with Crippen LogP contribution >= 0.6 is 0 Å². The minimum absolute atomic E-state index is 0.113. The Kier molecular flexibility index (Phi) is 4.47. The molecule has 5 N–H and O–H groups in total. The van der Waals surface area contributed by atoms with Gasteiger partial charge in [-0.1, -0.05) is 11.2 Å². The first kappa shape index (κ1) is 20.7. The second-order valence-electron chi connectivity index (χ2n) is 7.48. The summed E-state index contributed by atoms with van der Waals surface area (Å²) >= 11 is 0. The first-order chi connectivity index (χ1) is 15.7. The molecule has 0 radical (unpaired) electrons. The minimum Gasteiger partial charge on any atom is -0.383 e. The molecule has 0 aliphatic heterocycles. The third-order valence-electron chi connectivity index (χ3n) is 5.39. The lowest BCUT2D eigenvalue weighted by molar-refractivity contribution is -0.165. The van der Waals surface area contributed by atoms with Gasteiger partial charge in [-0.05, 0) is 25.0 Å². The molecule has 2 amide bonds. The number of anilines is 3. The van der Waals surface area contributed by atoms with Gasteiger partial charge in [0.2, 0.25) is 0 Å². The molecule has 33 heavy (non-hydrogen) atoms. The third-order valence-corrected chi connectivity index (χ3v) is 5.39. The van der Waals surface area contributed by atoms with Crippen LogP contribution in [0.1, 0.15) is 18.6 Å². The average molecular weight is 462 g/mol. The molecule has 1 fully saturated rings. The van der Waals surface area contributed by atoms with E-state index in [1.807, 2.05) is 0 Å². The molecule has 170 valence electrons. The van der Waals surface area contributed by atoms with Crippen molar-refractivity contribution in [3.05, 3.63) is 42.2 Å². The van der Waals surface area contributed by atoms with Crippen molar-refractivity contribution in [1.29, 1.82) is 0 Å². The molecule has 0 atom stereocenters. The molecule has 1 aromatic carbocycles. The third kappa shape index (κ3) is 3.48. The van der Waals surface area contributed by atoms with Crippen LogP contribution in [0.2, 0.25) is 0 Å². The molecule has 0 saturated heterocycles. The van der Waals surface area contributed by atoms with E-state index in [0.717, 1.165) is 12.1 Å². The maximum absolute atomic E-state index is 14.6. The fourth-order valence-corrected chi connectivity index (χ4v) is 3.48. The van der Waals surface area contributed by atoms with Crippen molar-refractivity contribution in [3.8, 4) is 11.3 Å². The van der Waals surface area contributed by atoms with Crippen molar-refractivity contribution in [3.63, 3.8) is 0 Å². The van der Waals surface area contributed by atoms with Crippen molar-refractivity contribution in [1.82, 2.24) is 25.3 Å². The first-order valence-electron chi connectivity index (χ1n) is 9.54. The Bertz CT molecular complexity index is 1380. The summed E-state index contributed by atoms with van der Waals surface area (Å²) in [6.07, 6.45) is -3.44. The number of nitrogens with one attached hydrogen (secondary N) is 3. The van der Waals surface area contributed by atoms with E-state index in [4.69, 9.17) is 10.3 Å². The van der Waals surface area contributed by atoms with Gasteiger partial charge < -0.3 is 15.6 Å². The number of hydrogen-bond donors (Lipinski definition) is 4. The number of benzene rings is 1. The summed E-state index contributed by atoms with van der Waals surface area (Å²) in [6.45, 7) is 0. The zero-order valence-electron chi connectivity index (χ0n) is 16.5. The summed E-state index contributed by atoms with van der Waals surface area (Å²) in [5.41, 5.74) is 4.67. The van der Waals surface area contributed by atoms with Crippen LogP contribution in [-0.4, -0.2) is 37.5 Å². The fraction of sp³-hybridized carbons (Fsp3) is 0.211. The smallest absolute Gasteiger partial charge is 0.383 e. The number of nitrogens with zero attached hydrogens (tertiary/aromatic N) is 4. The van der Waals surface area contributed by atoms with E-state index in [1.54, 1.807) is 0 Å². The summed E-state index contributed by atoms with van der Waals surface area (Å²) in [5.74, 6) is -1.23. The van der Waals surface area contributed by atoms with E-state index >= 15 is 0 Å². The quantitative estimate of drug-likeness (QED) is 0.336. The largest absolute Gasteiger partial charge is 0.401 e. The maximum atomic E-state index is 14.6. The van der Waals surface area contributed by atoms with Crippen LogP contribution in [0, 0.1) is 5.82 Å². The molecular weight excluding hydrogens is 448 g/mol. The molecule has 0 bridgehead atoms. The Balaban J connectivity index is 1.31. The minimum atomic E-state index is -4.48. The van der Waals surface area contributed by atoms with Gasteiger partial charge in [0.15, 0.2) is 17.2 Å². The number of aromatic nitrogens is 5. The number of rotatable bonds is 4. The Labute approximate surface area is 181 Å². The fourth-order valence-electron chi connectivity index (χ4n) is 3.48. The lowest BCUT2D eigenvalue weighted by Gasteiger charge is -2.14. The molecule has 0 unspecified atom stereocenters. The lowest BCUT2D eigenvalue weighted by Crippen LogP contribution is -2.28. The van der Waals surface area contributed by atoms with Crippen LogP contribution in [0.3, 0.4) is 0 Å². The Morgan fingerprint density at radius 3 is 2.67 bits per heavy atom. The summed E-state index contributed by atoms with van der Waals surface area (Å²) in [7, 11) is 0. The number of amides is 2. The Morgan fingerprint density at radius 2 is 1.97 bits per heavy atom. The number of hydrogen-bond acceptors (Lipinski definition) is 7. The Hall–Kier alpha value is -4.23. The van der Waals surface area contributed by atoms with E-state index < -0.39 is 23.4 Å². The zero-order valence-corrected chi connectivity index (χ0v) is 16.5. The summed E-state index contributed by atoms with van der Waals surface area (Å²) in [5, 5.41) is 15.1. The summed E-state index contributed by atoms with van der Waals surface area (Å²) in [4.78, 5) is 20.1. The van der Waals surface area contributed by atoms with E-state index in [0.29, 0.717) is 22.3 Å². The highest BCUT2D eigenvalue weighted by Crippen LogP contribution is 2.59. The topological polar surface area (TPSA) is 148 Å². The standard InChI is InChI=1S/C19H14F4N8O2/c20-9-5-8(14-13-15(24)25-7-26-16(13)30-29-14)1-2-10(9)27-17(32)28-12-6-11(33-31-12)18(3-4-18)19(21,22)23/h1-2,5-7H,3-4H2,(H2,27,28,31,32)(H3,24,25,26,29,30). The van der Waals surface area contributed by atoms with Gasteiger partial charge in [-0.25, -0.2) is 19.2 Å². The molecule has 3 aromatic heterocycles. The lowest BCUT2D eigenvalue weighted by atomic mass is 10.0. The molecule has 1 saturated carbocycles. The predicted octanol–water partition coefficient (Wildman–Crippen LogP) is 3.97. The number of carbonyl (C=O) groups excluding carboxylic acids is 1. The van der Waals surface area contributed by atoms with Crippen LogP contribution < -0.4 is 16.4 Å². The molecule has 0 spiro atoms.